The van der Waals surface area contributed by atoms with Gasteiger partial charge in [-0.2, -0.15) is 5.10 Å². The number of aromatic amines is 1. The molecule has 0 aliphatic rings. The second-order valence-corrected chi connectivity index (χ2v) is 3.45. The van der Waals surface area contributed by atoms with Crippen molar-refractivity contribution < 1.29 is 13.6 Å². The maximum absolute atomic E-state index is 12.9. The predicted molar refractivity (Wildman–Crippen MR) is 56.1 cm³/mol. The molecule has 2 aromatic rings. The van der Waals surface area contributed by atoms with E-state index in [2.05, 4.69) is 15.5 Å². The number of nitrogens with zero attached hydrogens (tertiary/aromatic N) is 1. The lowest BCUT2D eigenvalue weighted by atomic mass is 10.2. The molecule has 0 aliphatic carbocycles. The Morgan fingerprint density at radius 3 is 2.59 bits per heavy atom. The van der Waals surface area contributed by atoms with Gasteiger partial charge in [0.2, 0.25) is 0 Å². The van der Waals surface area contributed by atoms with Crippen molar-refractivity contribution in [1.82, 2.24) is 15.5 Å². The first kappa shape index (κ1) is 11.3. The van der Waals surface area contributed by atoms with Gasteiger partial charge < -0.3 is 5.32 Å². The average molecular weight is 237 g/mol. The summed E-state index contributed by atoms with van der Waals surface area (Å²) in [7, 11) is 0. The van der Waals surface area contributed by atoms with E-state index >= 15 is 0 Å². The van der Waals surface area contributed by atoms with Crippen molar-refractivity contribution in [2.24, 2.45) is 0 Å². The minimum Gasteiger partial charge on any atom is -0.348 e. The Labute approximate surface area is 95.7 Å². The van der Waals surface area contributed by atoms with Crippen LogP contribution >= 0.6 is 0 Å². The molecule has 0 saturated heterocycles. The van der Waals surface area contributed by atoms with Gasteiger partial charge in [0.05, 0.1) is 6.20 Å². The molecule has 2 N–H and O–H groups in total. The van der Waals surface area contributed by atoms with Gasteiger partial charge in [0.1, 0.15) is 11.6 Å². The molecule has 0 radical (unpaired) electrons. The molecule has 1 amide bonds. The van der Waals surface area contributed by atoms with Gasteiger partial charge in [-0.3, -0.25) is 9.89 Å². The normalized spacial score (nSPS) is 10.2. The molecule has 1 aromatic carbocycles. The van der Waals surface area contributed by atoms with Crippen LogP contribution in [0.5, 0.6) is 0 Å². The van der Waals surface area contributed by atoms with Gasteiger partial charge in [0.15, 0.2) is 0 Å². The monoisotopic (exact) mass is 237 g/mol. The molecule has 6 heteroatoms. The molecule has 1 heterocycles. The quantitative estimate of drug-likeness (QED) is 0.852. The highest BCUT2D eigenvalue weighted by Gasteiger charge is 2.08. The van der Waals surface area contributed by atoms with Crippen molar-refractivity contribution >= 4 is 5.91 Å². The van der Waals surface area contributed by atoms with Crippen LogP contribution < -0.4 is 5.32 Å². The van der Waals surface area contributed by atoms with Crippen molar-refractivity contribution in [1.29, 1.82) is 0 Å². The minimum absolute atomic E-state index is 0.0500. The molecule has 0 aliphatic heterocycles. The Bertz CT molecular complexity index is 505. The summed E-state index contributed by atoms with van der Waals surface area (Å²) >= 11 is 0. The summed E-state index contributed by atoms with van der Waals surface area (Å²) < 4.78 is 25.7. The van der Waals surface area contributed by atoms with Crippen molar-refractivity contribution in [3.63, 3.8) is 0 Å². The van der Waals surface area contributed by atoms with Crippen molar-refractivity contribution in [2.75, 3.05) is 0 Å². The van der Waals surface area contributed by atoms with E-state index in [0.29, 0.717) is 6.07 Å². The number of nitrogens with one attached hydrogen (secondary N) is 2. The predicted octanol–water partition coefficient (Wildman–Crippen LogP) is 1.62. The summed E-state index contributed by atoms with van der Waals surface area (Å²) in [5, 5.41) is 8.82. The Hall–Kier alpha value is -2.24. The van der Waals surface area contributed by atoms with Crippen LogP contribution in [0.3, 0.4) is 0 Å². The molecule has 0 atom stereocenters. The molecule has 0 unspecified atom stereocenters. The third kappa shape index (κ3) is 2.87. The molecule has 88 valence electrons. The van der Waals surface area contributed by atoms with Crippen LogP contribution in [0.25, 0.3) is 0 Å². The van der Waals surface area contributed by atoms with Crippen LogP contribution in [0.15, 0.2) is 30.6 Å². The lowest BCUT2D eigenvalue weighted by molar-refractivity contribution is 0.0950. The zero-order valence-corrected chi connectivity index (χ0v) is 8.71. The van der Waals surface area contributed by atoms with Crippen LogP contribution in [-0.2, 0) is 6.54 Å². The zero-order valence-electron chi connectivity index (χ0n) is 8.71. The van der Waals surface area contributed by atoms with Gasteiger partial charge in [-0.05, 0) is 12.1 Å². The number of carbonyl (C=O) groups excluding carboxylic acids is 1. The summed E-state index contributed by atoms with van der Waals surface area (Å²) in [5.74, 6) is -2.10. The summed E-state index contributed by atoms with van der Waals surface area (Å²) in [6.45, 7) is 0.244. The Kier molecular flexibility index (Phi) is 3.13. The largest absolute Gasteiger partial charge is 0.348 e. The Balaban J connectivity index is 2.04. The fourth-order valence-corrected chi connectivity index (χ4v) is 1.34. The van der Waals surface area contributed by atoms with Gasteiger partial charge in [0, 0.05) is 29.9 Å². The van der Waals surface area contributed by atoms with E-state index < -0.39 is 17.5 Å². The summed E-state index contributed by atoms with van der Waals surface area (Å²) in [6, 6.07) is 2.68. The van der Waals surface area contributed by atoms with Crippen LogP contribution in [0.2, 0.25) is 0 Å². The average Bonchev–Trinajstić information content (AvgIpc) is 2.77. The number of benzene rings is 1. The number of aromatic nitrogens is 2. The van der Waals surface area contributed by atoms with Crippen LogP contribution in [-0.4, -0.2) is 16.1 Å². The minimum atomic E-state index is -0.779. The SMILES string of the molecule is O=C(NCc1cn[nH]c1)c1cc(F)cc(F)c1. The summed E-state index contributed by atoms with van der Waals surface area (Å²) in [4.78, 5) is 11.6. The molecule has 0 saturated carbocycles. The molecular formula is C11H9F2N3O. The fourth-order valence-electron chi connectivity index (χ4n) is 1.34. The highest BCUT2D eigenvalue weighted by atomic mass is 19.1. The van der Waals surface area contributed by atoms with E-state index in [1.165, 1.54) is 0 Å². The van der Waals surface area contributed by atoms with E-state index in [-0.39, 0.29) is 12.1 Å². The van der Waals surface area contributed by atoms with Crippen LogP contribution in [0.1, 0.15) is 15.9 Å². The smallest absolute Gasteiger partial charge is 0.251 e. The van der Waals surface area contributed by atoms with Gasteiger partial charge >= 0.3 is 0 Å². The second-order valence-electron chi connectivity index (χ2n) is 3.45. The maximum atomic E-state index is 12.9. The number of amides is 1. The maximum Gasteiger partial charge on any atom is 0.251 e. The second kappa shape index (κ2) is 4.73. The van der Waals surface area contributed by atoms with Gasteiger partial charge in [0.25, 0.3) is 5.91 Å². The topological polar surface area (TPSA) is 57.8 Å². The van der Waals surface area contributed by atoms with Gasteiger partial charge in [-0.25, -0.2) is 8.78 Å². The number of halogens is 2. The summed E-state index contributed by atoms with van der Waals surface area (Å²) in [6.07, 6.45) is 3.17. The number of hydrogen-bond acceptors (Lipinski definition) is 2. The molecule has 1 aromatic heterocycles. The number of hydrogen-bond donors (Lipinski definition) is 2. The fraction of sp³-hybridized carbons (Fsp3) is 0.0909. The van der Waals surface area contributed by atoms with E-state index in [9.17, 15) is 13.6 Å². The van der Waals surface area contributed by atoms with Crippen LogP contribution in [0.4, 0.5) is 8.78 Å². The van der Waals surface area contributed by atoms with Crippen molar-refractivity contribution in [2.45, 2.75) is 6.54 Å². The highest BCUT2D eigenvalue weighted by molar-refractivity contribution is 5.94. The van der Waals surface area contributed by atoms with E-state index in [1.807, 2.05) is 0 Å². The molecule has 4 nitrogen and oxygen atoms in total. The van der Waals surface area contributed by atoms with Crippen LogP contribution in [0, 0.1) is 11.6 Å². The molecule has 0 bridgehead atoms. The standard InChI is InChI=1S/C11H9F2N3O/c12-9-1-8(2-10(13)3-9)11(17)14-4-7-5-15-16-6-7/h1-3,5-6H,4H2,(H,14,17)(H,15,16). The highest BCUT2D eigenvalue weighted by Crippen LogP contribution is 2.08. The van der Waals surface area contributed by atoms with Crippen molar-refractivity contribution in [3.8, 4) is 0 Å². The number of carbonyl (C=O) groups is 1. The van der Waals surface area contributed by atoms with Crippen molar-refractivity contribution in [3.05, 3.63) is 53.4 Å². The lowest BCUT2D eigenvalue weighted by Gasteiger charge is -2.03. The van der Waals surface area contributed by atoms with E-state index in [1.54, 1.807) is 12.4 Å². The first-order valence-corrected chi connectivity index (χ1v) is 4.87. The first-order chi connectivity index (χ1) is 8.15. The molecule has 2 rings (SSSR count). The number of rotatable bonds is 3. The molecule has 0 fully saturated rings. The van der Waals surface area contributed by atoms with Gasteiger partial charge in [-0.1, -0.05) is 0 Å². The lowest BCUT2D eigenvalue weighted by Crippen LogP contribution is -2.22. The number of H-pyrrole nitrogens is 1. The Morgan fingerprint density at radius 1 is 1.29 bits per heavy atom. The first-order valence-electron chi connectivity index (χ1n) is 4.87. The molecule has 17 heavy (non-hydrogen) atoms. The zero-order chi connectivity index (χ0) is 12.3. The summed E-state index contributed by atoms with van der Waals surface area (Å²) in [5.41, 5.74) is 0.723. The third-order valence-electron chi connectivity index (χ3n) is 2.13. The molecular weight excluding hydrogens is 228 g/mol. The molecule has 0 spiro atoms. The Morgan fingerprint density at radius 2 is 2.00 bits per heavy atom. The third-order valence-corrected chi connectivity index (χ3v) is 2.13. The van der Waals surface area contributed by atoms with E-state index in [0.717, 1.165) is 17.7 Å². The van der Waals surface area contributed by atoms with Gasteiger partial charge in [-0.15, -0.1) is 0 Å². The van der Waals surface area contributed by atoms with E-state index in [4.69, 9.17) is 0 Å².